The van der Waals surface area contributed by atoms with Gasteiger partial charge in [-0.2, -0.15) is 5.26 Å². The predicted molar refractivity (Wildman–Crippen MR) is 93.3 cm³/mol. The second kappa shape index (κ2) is 8.12. The first-order valence-corrected chi connectivity index (χ1v) is 7.97. The molecule has 1 amide bonds. The molecular weight excluding hydrogens is 328 g/mol. The molecule has 2 N–H and O–H groups in total. The highest BCUT2D eigenvalue weighted by atomic mass is 32.2. The molecule has 8 heteroatoms. The molecule has 24 heavy (non-hydrogen) atoms. The van der Waals surface area contributed by atoms with Crippen molar-refractivity contribution in [3.05, 3.63) is 64.9 Å². The Morgan fingerprint density at radius 1 is 1.33 bits per heavy atom. The molecule has 0 spiro atoms. The third-order valence-electron chi connectivity index (χ3n) is 2.99. The summed E-state index contributed by atoms with van der Waals surface area (Å²) in [5.74, 6) is -0.320. The molecule has 0 radical (unpaired) electrons. The van der Waals surface area contributed by atoms with Gasteiger partial charge in [0.05, 0.1) is 16.9 Å². The van der Waals surface area contributed by atoms with E-state index in [0.29, 0.717) is 10.7 Å². The van der Waals surface area contributed by atoms with Gasteiger partial charge in [-0.25, -0.2) is 4.99 Å². The monoisotopic (exact) mass is 341 g/mol. The minimum atomic E-state index is -0.332. The maximum atomic E-state index is 12.2. The molecule has 0 atom stereocenters. The van der Waals surface area contributed by atoms with Crippen molar-refractivity contribution in [2.75, 3.05) is 11.5 Å². The van der Waals surface area contributed by atoms with Crippen LogP contribution >= 0.6 is 11.8 Å². The normalized spacial score (nSPS) is 10.8. The average molecular weight is 341 g/mol. The number of rotatable bonds is 3. The van der Waals surface area contributed by atoms with Gasteiger partial charge in [0, 0.05) is 5.56 Å². The van der Waals surface area contributed by atoms with Crippen molar-refractivity contribution in [2.45, 2.75) is 0 Å². The zero-order chi connectivity index (χ0) is 17.5. The molecule has 122 valence electrons. The number of nitrogens with zero attached hydrogens (tertiary/aromatic N) is 3. The van der Waals surface area contributed by atoms with E-state index < -0.39 is 0 Å². The summed E-state index contributed by atoms with van der Waals surface area (Å²) in [6, 6.07) is 14.5. The molecule has 2 aromatic carbocycles. The zero-order valence-electron chi connectivity index (χ0n) is 12.6. The number of aliphatic imine (C=N–C) groups is 1. The van der Waals surface area contributed by atoms with E-state index in [-0.39, 0.29) is 28.1 Å². The number of amides is 1. The number of anilines is 1. The highest BCUT2D eigenvalue weighted by molar-refractivity contribution is 8.13. The van der Waals surface area contributed by atoms with E-state index >= 15 is 0 Å². The van der Waals surface area contributed by atoms with E-state index in [1.54, 1.807) is 30.5 Å². The Balaban J connectivity index is 2.27. The number of thioether (sulfide) groups is 1. The van der Waals surface area contributed by atoms with Crippen LogP contribution in [0, 0.1) is 16.5 Å². The fourth-order valence-electron chi connectivity index (χ4n) is 1.82. The largest absolute Gasteiger partial charge is 0.733 e. The molecule has 7 nitrogen and oxygen atoms in total. The molecule has 2 rings (SSSR count). The van der Waals surface area contributed by atoms with Crippen LogP contribution in [0.15, 0.2) is 53.5 Å². The topological polar surface area (TPSA) is 112 Å². The SMILES string of the molecule is CSC(=Nc1ccc(N([O-])O)cc1C#N)NC(=O)c1ccccc1. The van der Waals surface area contributed by atoms with Gasteiger partial charge in [-0.15, -0.1) is 0 Å². The maximum Gasteiger partial charge on any atom is 0.257 e. The van der Waals surface area contributed by atoms with Crippen molar-refractivity contribution in [3.8, 4) is 6.07 Å². The van der Waals surface area contributed by atoms with Gasteiger partial charge >= 0.3 is 0 Å². The molecular formula is C16H13N4O3S-. The highest BCUT2D eigenvalue weighted by Crippen LogP contribution is 2.25. The summed E-state index contributed by atoms with van der Waals surface area (Å²) in [7, 11) is 0. The van der Waals surface area contributed by atoms with Crippen molar-refractivity contribution in [2.24, 2.45) is 4.99 Å². The van der Waals surface area contributed by atoms with Crippen molar-refractivity contribution in [3.63, 3.8) is 0 Å². The smallest absolute Gasteiger partial charge is 0.257 e. The fraction of sp³-hybridized carbons (Fsp3) is 0.0625. The first-order valence-electron chi connectivity index (χ1n) is 6.74. The van der Waals surface area contributed by atoms with Gasteiger partial charge in [-0.1, -0.05) is 30.0 Å². The number of carbonyl (C=O) groups excluding carboxylic acids is 1. The Bertz CT molecular complexity index is 801. The molecule has 2 aromatic rings. The van der Waals surface area contributed by atoms with Gasteiger partial charge in [0.2, 0.25) is 0 Å². The molecule has 0 bridgehead atoms. The first kappa shape index (κ1) is 17.5. The summed E-state index contributed by atoms with van der Waals surface area (Å²) >= 11 is 1.20. The Labute approximate surface area is 142 Å². The van der Waals surface area contributed by atoms with Crippen molar-refractivity contribution < 1.29 is 10.0 Å². The van der Waals surface area contributed by atoms with Crippen LogP contribution in [0.4, 0.5) is 11.4 Å². The molecule has 0 saturated heterocycles. The van der Waals surface area contributed by atoms with Gasteiger partial charge < -0.3 is 15.8 Å². The number of carbonyl (C=O) groups is 1. The minimum Gasteiger partial charge on any atom is -0.733 e. The maximum absolute atomic E-state index is 12.2. The van der Waals surface area contributed by atoms with Gasteiger partial charge in [0.15, 0.2) is 5.17 Å². The highest BCUT2D eigenvalue weighted by Gasteiger charge is 2.10. The summed E-state index contributed by atoms with van der Waals surface area (Å²) in [6.07, 6.45) is 1.73. The van der Waals surface area contributed by atoms with E-state index in [4.69, 9.17) is 10.5 Å². The number of hydrogen-bond acceptors (Lipinski definition) is 7. The Morgan fingerprint density at radius 2 is 2.04 bits per heavy atom. The molecule has 0 fully saturated rings. The van der Waals surface area contributed by atoms with E-state index in [9.17, 15) is 10.0 Å². The molecule has 0 heterocycles. The summed E-state index contributed by atoms with van der Waals surface area (Å²) in [5, 5.41) is 31.5. The Morgan fingerprint density at radius 3 is 2.62 bits per heavy atom. The lowest BCUT2D eigenvalue weighted by molar-refractivity contribution is 0.0978. The zero-order valence-corrected chi connectivity index (χ0v) is 13.4. The fourth-order valence-corrected chi connectivity index (χ4v) is 2.21. The first-order chi connectivity index (χ1) is 11.5. The molecule has 0 aromatic heterocycles. The van der Waals surface area contributed by atoms with E-state index in [0.717, 1.165) is 0 Å². The third-order valence-corrected chi connectivity index (χ3v) is 3.57. The van der Waals surface area contributed by atoms with Gasteiger partial charge in [-0.05, 0) is 36.6 Å². The standard InChI is InChI=1S/C16H13N4O3S/c1-24-16(19-15(21)11-5-3-2-4-6-11)18-14-8-7-13(20(22)23)9-12(14)10-17/h2-9,22H,1H3,(H,18,19,21)/q-1. The second-order valence-corrected chi connectivity index (χ2v) is 5.32. The summed E-state index contributed by atoms with van der Waals surface area (Å²) in [6.45, 7) is 0. The van der Waals surface area contributed by atoms with Crippen LogP contribution in [0.1, 0.15) is 15.9 Å². The number of hydrogen-bond donors (Lipinski definition) is 2. The average Bonchev–Trinajstić information content (AvgIpc) is 2.61. The van der Waals surface area contributed by atoms with Crippen molar-refractivity contribution in [1.82, 2.24) is 5.32 Å². The van der Waals surface area contributed by atoms with Crippen LogP contribution in [-0.4, -0.2) is 22.5 Å². The van der Waals surface area contributed by atoms with Crippen molar-refractivity contribution in [1.29, 1.82) is 5.26 Å². The van der Waals surface area contributed by atoms with Crippen LogP contribution in [-0.2, 0) is 0 Å². The third kappa shape index (κ3) is 4.33. The number of nitriles is 1. The molecule has 0 aliphatic rings. The van der Waals surface area contributed by atoms with E-state index in [1.165, 1.54) is 30.0 Å². The molecule has 0 unspecified atom stereocenters. The van der Waals surface area contributed by atoms with Crippen LogP contribution < -0.4 is 10.5 Å². The number of nitrogens with one attached hydrogen (secondary N) is 1. The quantitative estimate of drug-likeness (QED) is 0.504. The summed E-state index contributed by atoms with van der Waals surface area (Å²) in [4.78, 5) is 16.4. The Hall–Kier alpha value is -2.86. The second-order valence-electron chi connectivity index (χ2n) is 4.53. The predicted octanol–water partition coefficient (Wildman–Crippen LogP) is 3.03. The Kier molecular flexibility index (Phi) is 5.92. The van der Waals surface area contributed by atoms with Gasteiger partial charge in [-0.3, -0.25) is 10.0 Å². The van der Waals surface area contributed by atoms with E-state index in [1.807, 2.05) is 12.1 Å². The minimum absolute atomic E-state index is 0.0791. The van der Waals surface area contributed by atoms with Crippen LogP contribution in [0.3, 0.4) is 0 Å². The lowest BCUT2D eigenvalue weighted by atomic mass is 10.2. The summed E-state index contributed by atoms with van der Waals surface area (Å²) < 4.78 is 0. The van der Waals surface area contributed by atoms with Crippen LogP contribution in [0.5, 0.6) is 0 Å². The molecule has 0 saturated carbocycles. The van der Waals surface area contributed by atoms with Gasteiger partial charge in [0.25, 0.3) is 5.91 Å². The van der Waals surface area contributed by atoms with Crippen molar-refractivity contribution >= 4 is 34.2 Å². The molecule has 0 aliphatic heterocycles. The number of amidine groups is 1. The van der Waals surface area contributed by atoms with Crippen LogP contribution in [0.25, 0.3) is 0 Å². The lowest BCUT2D eigenvalue weighted by Gasteiger charge is -2.21. The molecule has 0 aliphatic carbocycles. The lowest BCUT2D eigenvalue weighted by Crippen LogP contribution is -2.28. The summed E-state index contributed by atoms with van der Waals surface area (Å²) in [5.41, 5.74) is 0.783. The van der Waals surface area contributed by atoms with E-state index in [2.05, 4.69) is 10.3 Å². The van der Waals surface area contributed by atoms with Crippen LogP contribution in [0.2, 0.25) is 0 Å². The number of benzene rings is 2. The van der Waals surface area contributed by atoms with Gasteiger partial charge in [0.1, 0.15) is 6.07 Å².